The third-order valence-corrected chi connectivity index (χ3v) is 9.30. The van der Waals surface area contributed by atoms with Crippen molar-refractivity contribution in [2.75, 3.05) is 31.1 Å². The molecule has 1 fully saturated rings. The van der Waals surface area contributed by atoms with Crippen LogP contribution in [0.5, 0.6) is 0 Å². The summed E-state index contributed by atoms with van der Waals surface area (Å²) in [5, 5.41) is 0.866. The summed E-state index contributed by atoms with van der Waals surface area (Å²) in [5.74, 6) is 0.155. The summed E-state index contributed by atoms with van der Waals surface area (Å²) in [6.45, 7) is 8.44. The number of carbonyl (C=O) groups is 1. The number of H-pyrrole nitrogens is 1. The molecule has 0 spiro atoms. The van der Waals surface area contributed by atoms with Crippen LogP contribution in [0.15, 0.2) is 35.2 Å². The molecule has 2 aromatic carbocycles. The van der Waals surface area contributed by atoms with Crippen LogP contribution in [-0.4, -0.2) is 49.7 Å². The van der Waals surface area contributed by atoms with Crippen molar-refractivity contribution in [3.8, 4) is 0 Å². The van der Waals surface area contributed by atoms with Gasteiger partial charge in [-0.15, -0.1) is 0 Å². The van der Waals surface area contributed by atoms with Crippen molar-refractivity contribution in [1.82, 2.24) is 9.29 Å². The highest BCUT2D eigenvalue weighted by atomic mass is 32.2. The Morgan fingerprint density at radius 1 is 1.03 bits per heavy atom. The van der Waals surface area contributed by atoms with Crippen molar-refractivity contribution >= 4 is 32.4 Å². The van der Waals surface area contributed by atoms with Crippen LogP contribution >= 0.6 is 0 Å². The Morgan fingerprint density at radius 2 is 1.79 bits per heavy atom. The van der Waals surface area contributed by atoms with Crippen LogP contribution < -0.4 is 4.90 Å². The number of sulfonamides is 1. The van der Waals surface area contributed by atoms with Crippen molar-refractivity contribution < 1.29 is 13.2 Å². The number of aromatic nitrogens is 1. The fraction of sp³-hybridized carbons (Fsp3) is 0.423. The molecule has 2 heterocycles. The number of fused-ring (bicyclic) bond motifs is 3. The molecule has 7 heteroatoms. The summed E-state index contributed by atoms with van der Waals surface area (Å²) in [6, 6.07) is 9.96. The van der Waals surface area contributed by atoms with Gasteiger partial charge in [0.15, 0.2) is 5.78 Å². The highest BCUT2D eigenvalue weighted by Crippen LogP contribution is 2.34. The third-order valence-electron chi connectivity index (χ3n) is 7.32. The van der Waals surface area contributed by atoms with E-state index in [0.717, 1.165) is 40.6 Å². The Bertz CT molecular complexity index is 1350. The average molecular weight is 466 g/mol. The predicted molar refractivity (Wildman–Crippen MR) is 132 cm³/mol. The second-order valence-electron chi connectivity index (χ2n) is 9.22. The molecule has 1 saturated heterocycles. The number of nitrogens with one attached hydrogen (secondary N) is 1. The van der Waals surface area contributed by atoms with Crippen LogP contribution in [-0.2, 0) is 22.9 Å². The Morgan fingerprint density at radius 3 is 2.52 bits per heavy atom. The lowest BCUT2D eigenvalue weighted by atomic mass is 9.94. The van der Waals surface area contributed by atoms with E-state index < -0.39 is 10.0 Å². The molecule has 0 atom stereocenters. The van der Waals surface area contributed by atoms with E-state index in [4.69, 9.17) is 0 Å². The van der Waals surface area contributed by atoms with Gasteiger partial charge in [0.1, 0.15) is 0 Å². The van der Waals surface area contributed by atoms with E-state index in [1.807, 2.05) is 13.0 Å². The number of hydrogen-bond acceptors (Lipinski definition) is 4. The zero-order valence-electron chi connectivity index (χ0n) is 19.6. The Hall–Kier alpha value is -2.64. The number of anilines is 1. The smallest absolute Gasteiger partial charge is 0.243 e. The van der Waals surface area contributed by atoms with Gasteiger partial charge in [0, 0.05) is 60.4 Å². The molecule has 2 aliphatic rings. The summed E-state index contributed by atoms with van der Waals surface area (Å²) in [7, 11) is -3.63. The minimum Gasteiger partial charge on any atom is -0.369 e. The SMILES string of the molecule is CCc1cc2c3c([nH]c2cc1S(=O)(=O)N1CCN(c2cccc(C)c2C)CC1)CCCC3=O. The number of hydrogen-bond donors (Lipinski definition) is 1. The maximum atomic E-state index is 13.7. The molecular weight excluding hydrogens is 434 g/mol. The molecule has 1 aromatic heterocycles. The van der Waals surface area contributed by atoms with Gasteiger partial charge in [-0.25, -0.2) is 8.42 Å². The van der Waals surface area contributed by atoms with Gasteiger partial charge < -0.3 is 9.88 Å². The number of rotatable bonds is 4. The van der Waals surface area contributed by atoms with Crippen LogP contribution in [0.1, 0.15) is 52.5 Å². The van der Waals surface area contributed by atoms with Crippen LogP contribution in [0.4, 0.5) is 5.69 Å². The number of benzene rings is 2. The van der Waals surface area contributed by atoms with E-state index in [9.17, 15) is 13.2 Å². The van der Waals surface area contributed by atoms with Crippen molar-refractivity contribution in [1.29, 1.82) is 0 Å². The first-order valence-corrected chi connectivity index (χ1v) is 13.3. The van der Waals surface area contributed by atoms with Crippen LogP contribution in [0.25, 0.3) is 10.9 Å². The Labute approximate surface area is 195 Å². The van der Waals surface area contributed by atoms with E-state index in [2.05, 4.69) is 41.9 Å². The molecule has 5 rings (SSSR count). The zero-order valence-corrected chi connectivity index (χ0v) is 20.4. The molecule has 0 radical (unpaired) electrons. The lowest BCUT2D eigenvalue weighted by Crippen LogP contribution is -2.49. The molecule has 0 unspecified atom stereocenters. The minimum absolute atomic E-state index is 0.155. The number of carbonyl (C=O) groups excluding carboxylic acids is 1. The molecule has 1 N–H and O–H groups in total. The van der Waals surface area contributed by atoms with Gasteiger partial charge >= 0.3 is 0 Å². The lowest BCUT2D eigenvalue weighted by molar-refractivity contribution is 0.0974. The highest BCUT2D eigenvalue weighted by molar-refractivity contribution is 7.89. The maximum absolute atomic E-state index is 13.7. The normalized spacial score (nSPS) is 17.5. The zero-order chi connectivity index (χ0) is 23.3. The largest absolute Gasteiger partial charge is 0.369 e. The van der Waals surface area contributed by atoms with Gasteiger partial charge in [-0.2, -0.15) is 4.31 Å². The number of nitrogens with zero attached hydrogens (tertiary/aromatic N) is 2. The summed E-state index contributed by atoms with van der Waals surface area (Å²) in [4.78, 5) is 18.5. The van der Waals surface area contributed by atoms with E-state index >= 15 is 0 Å². The molecule has 1 aliphatic carbocycles. The molecule has 1 aliphatic heterocycles. The standard InChI is InChI=1S/C26H31N3O3S/c1-4-19-15-20-22(27-21-8-6-10-24(30)26(20)21)16-25(19)33(31,32)29-13-11-28(12-14-29)23-9-5-7-17(2)18(23)3/h5,7,9,15-16,27H,4,6,8,10-14H2,1-3H3. The fourth-order valence-corrected chi connectivity index (χ4v) is 7.01. The Balaban J connectivity index is 1.46. The van der Waals surface area contributed by atoms with Gasteiger partial charge in [0.2, 0.25) is 10.0 Å². The molecule has 3 aromatic rings. The second-order valence-corrected chi connectivity index (χ2v) is 11.1. The van der Waals surface area contributed by atoms with Crippen LogP contribution in [0.3, 0.4) is 0 Å². The first kappa shape index (κ1) is 22.2. The van der Waals surface area contributed by atoms with E-state index in [1.54, 1.807) is 10.4 Å². The van der Waals surface area contributed by atoms with Crippen molar-refractivity contribution in [3.05, 3.63) is 58.3 Å². The summed E-state index contributed by atoms with van der Waals surface area (Å²) in [5.41, 5.74) is 6.91. The third kappa shape index (κ3) is 3.67. The summed E-state index contributed by atoms with van der Waals surface area (Å²) >= 11 is 0. The maximum Gasteiger partial charge on any atom is 0.243 e. The van der Waals surface area contributed by atoms with Crippen LogP contribution in [0.2, 0.25) is 0 Å². The molecule has 33 heavy (non-hydrogen) atoms. The minimum atomic E-state index is -3.63. The predicted octanol–water partition coefficient (Wildman–Crippen LogP) is 4.38. The van der Waals surface area contributed by atoms with Crippen LogP contribution in [0, 0.1) is 13.8 Å². The van der Waals surface area contributed by atoms with Crippen molar-refractivity contribution in [3.63, 3.8) is 0 Å². The van der Waals surface area contributed by atoms with Gasteiger partial charge in [0.25, 0.3) is 0 Å². The molecule has 174 valence electrons. The number of aromatic amines is 1. The Kier molecular flexibility index (Phi) is 5.57. The van der Waals surface area contributed by atoms with Gasteiger partial charge in [-0.05, 0) is 68.0 Å². The number of Topliss-reactive ketones (excluding diaryl/α,β-unsaturated/α-hetero) is 1. The van der Waals surface area contributed by atoms with Gasteiger partial charge in [-0.1, -0.05) is 19.1 Å². The molecule has 0 saturated carbocycles. The highest BCUT2D eigenvalue weighted by Gasteiger charge is 2.32. The summed E-state index contributed by atoms with van der Waals surface area (Å²) < 4.78 is 29.0. The van der Waals surface area contributed by atoms with Gasteiger partial charge in [-0.3, -0.25) is 4.79 Å². The molecule has 6 nitrogen and oxygen atoms in total. The van der Waals surface area contributed by atoms with Gasteiger partial charge in [0.05, 0.1) is 4.90 Å². The van der Waals surface area contributed by atoms with Crippen molar-refractivity contribution in [2.45, 2.75) is 51.3 Å². The first-order valence-electron chi connectivity index (χ1n) is 11.8. The van der Waals surface area contributed by atoms with E-state index in [-0.39, 0.29) is 5.78 Å². The summed E-state index contributed by atoms with van der Waals surface area (Å²) in [6.07, 6.45) is 2.84. The lowest BCUT2D eigenvalue weighted by Gasteiger charge is -2.36. The number of ketones is 1. The molecule has 0 bridgehead atoms. The van der Waals surface area contributed by atoms with E-state index in [1.165, 1.54) is 16.8 Å². The first-order chi connectivity index (χ1) is 15.8. The average Bonchev–Trinajstić information content (AvgIpc) is 3.19. The van der Waals surface area contributed by atoms with E-state index in [0.29, 0.717) is 43.9 Å². The number of aryl methyl sites for hydroxylation is 3. The fourth-order valence-electron chi connectivity index (χ4n) is 5.28. The molecular formula is C26H31N3O3S. The quantitative estimate of drug-likeness (QED) is 0.621. The molecule has 0 amide bonds. The topological polar surface area (TPSA) is 73.5 Å². The monoisotopic (exact) mass is 465 g/mol. The number of piperazine rings is 1. The second kappa shape index (κ2) is 8.29. The van der Waals surface area contributed by atoms with Crippen molar-refractivity contribution in [2.24, 2.45) is 0 Å².